The Labute approximate surface area is 445 Å². The van der Waals surface area contributed by atoms with Gasteiger partial charge in [-0.25, -0.2) is 19.6 Å². The van der Waals surface area contributed by atoms with Crippen molar-refractivity contribution < 1.29 is 72.4 Å². The van der Waals surface area contributed by atoms with Gasteiger partial charge >= 0.3 is 23.9 Å². The zero-order valence-corrected chi connectivity index (χ0v) is 45.4. The highest BCUT2D eigenvalue weighted by Gasteiger charge is 2.75. The van der Waals surface area contributed by atoms with Crippen molar-refractivity contribution >= 4 is 53.7 Å². The number of carbonyl (C=O) groups is 6. The molecule has 0 saturated heterocycles. The lowest BCUT2D eigenvalue weighted by atomic mass is 9.38. The first kappa shape index (κ1) is 56.9. The van der Waals surface area contributed by atoms with E-state index in [1.807, 2.05) is 39.8 Å². The van der Waals surface area contributed by atoms with E-state index in [1.54, 1.807) is 88.8 Å². The second-order valence-corrected chi connectivity index (χ2v) is 22.8. The summed E-state index contributed by atoms with van der Waals surface area (Å²) in [4.78, 5) is 88.4. The molecule has 0 aliphatic heterocycles. The van der Waals surface area contributed by atoms with Crippen LogP contribution in [-0.2, 0) is 47.7 Å². The molecular weight excluding hydrogens is 973 g/mol. The second-order valence-electron chi connectivity index (χ2n) is 22.8. The number of ether oxygens (including phenoxy) is 6. The molecule has 3 fully saturated rings. The van der Waals surface area contributed by atoms with Crippen molar-refractivity contribution in [2.75, 3.05) is 14.2 Å². The molecule has 2 N–H and O–H groups in total. The first-order valence-electron chi connectivity index (χ1n) is 25.8. The maximum Gasteiger partial charge on any atom is 0.331 e. The molecule has 76 heavy (non-hydrogen) atoms. The first-order valence-corrected chi connectivity index (χ1v) is 25.8. The third-order valence-electron chi connectivity index (χ3n) is 17.3. The van der Waals surface area contributed by atoms with Crippen LogP contribution in [0, 0.1) is 39.4 Å². The van der Waals surface area contributed by atoms with Crippen LogP contribution in [0.4, 0.5) is 0 Å². The predicted octanol–water partition coefficient (Wildman–Crippen LogP) is 10.2. The number of carbonyl (C=O) groups excluding carboxylic acids is 6. The van der Waals surface area contributed by atoms with Crippen LogP contribution in [-0.4, -0.2) is 89.5 Å². The molecule has 4 aliphatic rings. The molecule has 15 heteroatoms. The average molecular weight is 1050 g/mol. The number of hydrogen-bond acceptors (Lipinski definition) is 15. The summed E-state index contributed by atoms with van der Waals surface area (Å²) in [6.45, 7) is 15.8. The Morgan fingerprint density at radius 3 is 1.72 bits per heavy atom. The van der Waals surface area contributed by atoms with E-state index in [4.69, 9.17) is 28.4 Å². The van der Waals surface area contributed by atoms with Gasteiger partial charge in [0.25, 0.3) is 0 Å². The number of esters is 4. The number of hydrogen-bond donors (Lipinski definition) is 2. The number of allylic oxidation sites excluding steroid dienone is 1. The van der Waals surface area contributed by atoms with Gasteiger partial charge < -0.3 is 38.4 Å². The smallest absolute Gasteiger partial charge is 0.331 e. The van der Waals surface area contributed by atoms with Crippen LogP contribution in [0.2, 0.25) is 0 Å². The summed E-state index contributed by atoms with van der Waals surface area (Å²) in [5, 5.41) is 22.0. The second kappa shape index (κ2) is 22.0. The third kappa shape index (κ3) is 11.3. The topological polar surface area (TPSA) is 207 Å². The molecule has 3 saturated carbocycles. The monoisotopic (exact) mass is 1040 g/mol. The summed E-state index contributed by atoms with van der Waals surface area (Å²) < 4.78 is 35.2. The van der Waals surface area contributed by atoms with Gasteiger partial charge in [0.05, 0.1) is 14.2 Å². The minimum Gasteiger partial charge on any atom is -0.497 e. The molecule has 7 rings (SSSR count). The highest BCUT2D eigenvalue weighted by atomic mass is 17.1. The Kier molecular flexibility index (Phi) is 16.5. The summed E-state index contributed by atoms with van der Waals surface area (Å²) >= 11 is 0. The third-order valence-corrected chi connectivity index (χ3v) is 17.3. The van der Waals surface area contributed by atoms with Gasteiger partial charge in [-0.15, -0.1) is 0 Å². The van der Waals surface area contributed by atoms with Crippen LogP contribution in [0.1, 0.15) is 118 Å². The number of ketones is 2. The van der Waals surface area contributed by atoms with E-state index in [2.05, 4.69) is 17.9 Å². The van der Waals surface area contributed by atoms with Crippen LogP contribution in [0.15, 0.2) is 103 Å². The molecule has 0 amide bonds. The zero-order valence-electron chi connectivity index (χ0n) is 45.4. The Balaban J connectivity index is 1.26. The average Bonchev–Trinajstić information content (AvgIpc) is 3.61. The minimum atomic E-state index is -2.15. The van der Waals surface area contributed by atoms with Crippen molar-refractivity contribution in [2.45, 2.75) is 130 Å². The Morgan fingerprint density at radius 1 is 0.711 bits per heavy atom. The number of Topliss-reactive ketones (excluding diaryl/α,β-unsaturated/α-hetero) is 2. The van der Waals surface area contributed by atoms with Crippen molar-refractivity contribution in [3.8, 4) is 17.2 Å². The SMILES string of the molecule is COc1cccc(/C=C/C(=O)O[C@H]2C[C@@H]3C(=CC[C@@H]4[C@@]3(C)C(=O)C[C@]3(C)[C@@H]([C@@](C)(O)C(=O)CCC(C)(C)OC(C)=O)[C@H](OC(=O)/C=C/c5cccc(OO)c5)C[C@@]43C)C(C)(C)[C@@H]2OC(=O)/C=C/c2cccc(OC)c2)c1. The normalized spacial score (nSPS) is 28.5. The maximum atomic E-state index is 15.7. The fourth-order valence-corrected chi connectivity index (χ4v) is 13.4. The summed E-state index contributed by atoms with van der Waals surface area (Å²) in [5.74, 6) is -4.04. The lowest BCUT2D eigenvalue weighted by molar-refractivity contribution is -0.196. The Morgan fingerprint density at radius 2 is 1.21 bits per heavy atom. The molecule has 0 spiro atoms. The predicted molar refractivity (Wildman–Crippen MR) is 283 cm³/mol. The van der Waals surface area contributed by atoms with Gasteiger partial charge in [-0.1, -0.05) is 82.7 Å². The fraction of sp³-hybridized carbons (Fsp3) is 0.475. The lowest BCUT2D eigenvalue weighted by Crippen LogP contribution is -2.66. The molecule has 10 atom stereocenters. The molecule has 15 nitrogen and oxygen atoms in total. The van der Waals surface area contributed by atoms with E-state index in [9.17, 15) is 34.3 Å². The Bertz CT molecular complexity index is 2850. The van der Waals surface area contributed by atoms with Crippen LogP contribution in [0.3, 0.4) is 0 Å². The molecule has 0 aromatic heterocycles. The van der Waals surface area contributed by atoms with E-state index >= 15 is 4.79 Å². The van der Waals surface area contributed by atoms with E-state index in [1.165, 1.54) is 50.3 Å². The lowest BCUT2D eigenvalue weighted by Gasteiger charge is -2.65. The van der Waals surface area contributed by atoms with Crippen molar-refractivity contribution in [2.24, 2.45) is 39.4 Å². The molecule has 0 radical (unpaired) electrons. The van der Waals surface area contributed by atoms with Gasteiger partial charge in [0, 0.05) is 54.7 Å². The van der Waals surface area contributed by atoms with Crippen LogP contribution in [0.25, 0.3) is 18.2 Å². The molecule has 3 aromatic rings. The van der Waals surface area contributed by atoms with Crippen molar-refractivity contribution in [3.63, 3.8) is 0 Å². The van der Waals surface area contributed by atoms with E-state index in [0.29, 0.717) is 34.6 Å². The van der Waals surface area contributed by atoms with Gasteiger partial charge in [-0.3, -0.25) is 14.4 Å². The van der Waals surface area contributed by atoms with Gasteiger partial charge in [0.2, 0.25) is 0 Å². The highest BCUT2D eigenvalue weighted by molar-refractivity contribution is 5.92. The van der Waals surface area contributed by atoms with Crippen LogP contribution < -0.4 is 14.4 Å². The number of rotatable bonds is 18. The number of methoxy groups -OCH3 is 2. The molecule has 3 aromatic carbocycles. The number of fused-ring (bicyclic) bond motifs is 5. The zero-order chi connectivity index (χ0) is 55.6. The van der Waals surface area contributed by atoms with Crippen LogP contribution in [0.5, 0.6) is 17.2 Å². The molecule has 0 unspecified atom stereocenters. The summed E-state index contributed by atoms with van der Waals surface area (Å²) in [5.41, 5.74) is -4.53. The molecule has 406 valence electrons. The Hall–Kier alpha value is -6.84. The first-order chi connectivity index (χ1) is 35.7. The molecule has 4 aliphatic carbocycles. The molecule has 0 heterocycles. The standard InChI is InChI=1S/C61H72O15/c1-37(62)75-56(2,3)30-29-49(63)61(9,68)54-47(73-52(66)27-22-40-17-14-20-43(33-40)76-69)35-58(6)48-25-24-44-45(60(48,8)50(64)36-59(54,58)7)34-46(72-51(65)26-21-38-15-12-18-41(31-38)70-10)55(57(44,4)5)74-53(67)28-23-39-16-13-19-42(32-39)71-11/h12-24,26-28,31-33,45-48,54-55,68-69H,25,29-30,34-36H2,1-11H3/b26-21+,27-22+,28-23+/t45-,46+,47-,48+,54+,55-,58+,59-,60+,61+/m1/s1. The number of benzene rings is 3. The van der Waals surface area contributed by atoms with Crippen LogP contribution >= 0.6 is 0 Å². The van der Waals surface area contributed by atoms with Gasteiger partial charge in [-0.05, 0) is 140 Å². The largest absolute Gasteiger partial charge is 0.497 e. The molecule has 0 bridgehead atoms. The fourth-order valence-electron chi connectivity index (χ4n) is 13.4. The number of aliphatic hydroxyl groups is 1. The van der Waals surface area contributed by atoms with E-state index < -0.39 is 98.6 Å². The van der Waals surface area contributed by atoms with Crippen molar-refractivity contribution in [3.05, 3.63) is 119 Å². The minimum absolute atomic E-state index is 0.0914. The summed E-state index contributed by atoms with van der Waals surface area (Å²) in [7, 11) is 3.10. The van der Waals surface area contributed by atoms with Gasteiger partial charge in [-0.2, -0.15) is 0 Å². The maximum absolute atomic E-state index is 15.7. The van der Waals surface area contributed by atoms with Crippen molar-refractivity contribution in [1.82, 2.24) is 0 Å². The summed E-state index contributed by atoms with van der Waals surface area (Å²) in [6.07, 6.45) is 8.02. The molecular formula is C61H72O15. The van der Waals surface area contributed by atoms with E-state index in [-0.39, 0.29) is 43.6 Å². The summed E-state index contributed by atoms with van der Waals surface area (Å²) in [6, 6.07) is 20.7. The van der Waals surface area contributed by atoms with Gasteiger partial charge in [0.1, 0.15) is 46.8 Å². The quantitative estimate of drug-likeness (QED) is 0.0303. The van der Waals surface area contributed by atoms with E-state index in [0.717, 1.165) is 5.57 Å². The van der Waals surface area contributed by atoms with Gasteiger partial charge in [0.15, 0.2) is 11.5 Å². The highest BCUT2D eigenvalue weighted by Crippen LogP contribution is 2.74. The van der Waals surface area contributed by atoms with Crippen molar-refractivity contribution in [1.29, 1.82) is 0 Å².